The van der Waals surface area contributed by atoms with E-state index in [0.29, 0.717) is 4.90 Å². The number of fused-ring (bicyclic) bond motifs is 1. The minimum Gasteiger partial charge on any atom is -0.398 e. The van der Waals surface area contributed by atoms with Crippen LogP contribution in [-0.2, 0) is 6.18 Å². The fourth-order valence-electron chi connectivity index (χ4n) is 2.07. The Morgan fingerprint density at radius 3 is 2.48 bits per heavy atom. The fraction of sp³-hybridized carbons (Fsp3) is 0.0667. The summed E-state index contributed by atoms with van der Waals surface area (Å²) in [6, 6.07) is 13.5. The molecule has 0 aliphatic rings. The predicted molar refractivity (Wildman–Crippen MR) is 78.3 cm³/mol. The first kappa shape index (κ1) is 13.9. The van der Waals surface area contributed by atoms with Gasteiger partial charge in [-0.1, -0.05) is 30.0 Å². The monoisotopic (exact) mass is 308 g/mol. The van der Waals surface area contributed by atoms with Crippen LogP contribution in [0.25, 0.3) is 10.9 Å². The van der Waals surface area contributed by atoms with Gasteiger partial charge in [0.15, 0.2) is 0 Å². The summed E-state index contributed by atoms with van der Waals surface area (Å²) < 4.78 is 38.5. The van der Waals surface area contributed by atoms with E-state index in [9.17, 15) is 13.2 Å². The summed E-state index contributed by atoms with van der Waals surface area (Å²) in [5.41, 5.74) is 5.28. The molecule has 2 aromatic carbocycles. The minimum absolute atomic E-state index is 0.261. The third-order valence-corrected chi connectivity index (χ3v) is 3.99. The largest absolute Gasteiger partial charge is 0.418 e. The number of hydrogen-bond acceptors (Lipinski definition) is 2. The van der Waals surface area contributed by atoms with Crippen LogP contribution in [0.1, 0.15) is 5.56 Å². The van der Waals surface area contributed by atoms with Crippen molar-refractivity contribution in [2.24, 2.45) is 0 Å². The maximum absolute atomic E-state index is 12.8. The van der Waals surface area contributed by atoms with Gasteiger partial charge in [0.1, 0.15) is 0 Å². The van der Waals surface area contributed by atoms with Gasteiger partial charge < -0.3 is 10.7 Å². The van der Waals surface area contributed by atoms with Gasteiger partial charge in [0.25, 0.3) is 0 Å². The molecule has 0 atom stereocenters. The molecule has 1 heterocycles. The highest BCUT2D eigenvalue weighted by atomic mass is 32.2. The molecule has 21 heavy (non-hydrogen) atoms. The zero-order chi connectivity index (χ0) is 15.0. The summed E-state index contributed by atoms with van der Waals surface area (Å²) in [7, 11) is 0. The average Bonchev–Trinajstić information content (AvgIpc) is 2.82. The number of hydrogen-bond donors (Lipinski definition) is 2. The second-order valence-corrected chi connectivity index (χ2v) is 5.69. The highest BCUT2D eigenvalue weighted by Gasteiger charge is 2.33. The summed E-state index contributed by atoms with van der Waals surface area (Å²) in [5.74, 6) is 0. The Morgan fingerprint density at radius 2 is 1.76 bits per heavy atom. The molecule has 3 rings (SSSR count). The molecule has 0 amide bonds. The first-order valence-electron chi connectivity index (χ1n) is 6.16. The normalized spacial score (nSPS) is 12.0. The second-order valence-electron chi connectivity index (χ2n) is 4.57. The van der Waals surface area contributed by atoms with E-state index in [4.69, 9.17) is 5.73 Å². The van der Waals surface area contributed by atoms with E-state index in [1.807, 2.05) is 30.3 Å². The van der Waals surface area contributed by atoms with E-state index >= 15 is 0 Å². The maximum Gasteiger partial charge on any atom is 0.418 e. The van der Waals surface area contributed by atoms with Gasteiger partial charge >= 0.3 is 6.18 Å². The van der Waals surface area contributed by atoms with Crippen molar-refractivity contribution in [2.45, 2.75) is 16.1 Å². The number of alkyl halides is 3. The number of anilines is 1. The number of nitrogen functional groups attached to an aromatic ring is 1. The molecule has 0 unspecified atom stereocenters. The topological polar surface area (TPSA) is 41.8 Å². The molecule has 6 heteroatoms. The Bertz CT molecular complexity index is 760. The highest BCUT2D eigenvalue weighted by Crippen LogP contribution is 2.38. The first-order chi connectivity index (χ1) is 9.93. The van der Waals surface area contributed by atoms with Crippen LogP contribution in [0.3, 0.4) is 0 Å². The Labute approximate surface area is 123 Å². The lowest BCUT2D eigenvalue weighted by Crippen LogP contribution is -2.08. The summed E-state index contributed by atoms with van der Waals surface area (Å²) >= 11 is 1.24. The summed E-state index contributed by atoms with van der Waals surface area (Å²) in [4.78, 5) is 3.66. The van der Waals surface area contributed by atoms with Crippen LogP contribution in [0.4, 0.5) is 18.9 Å². The quantitative estimate of drug-likeness (QED) is 0.660. The van der Waals surface area contributed by atoms with Gasteiger partial charge in [0, 0.05) is 21.5 Å². The summed E-state index contributed by atoms with van der Waals surface area (Å²) in [5, 5.41) is 1.81. The number of aromatic nitrogens is 1. The van der Waals surface area contributed by atoms with Gasteiger partial charge in [-0.3, -0.25) is 0 Å². The van der Waals surface area contributed by atoms with Gasteiger partial charge in [-0.25, -0.2) is 0 Å². The summed E-state index contributed by atoms with van der Waals surface area (Å²) in [6.45, 7) is 0. The zero-order valence-electron chi connectivity index (χ0n) is 10.7. The SMILES string of the molecule is Nc1ccc(Sc2cc3ccccc3[nH]2)cc1C(F)(F)F. The lowest BCUT2D eigenvalue weighted by Gasteiger charge is -2.11. The number of para-hydroxylation sites is 1. The number of aromatic amines is 1. The second kappa shape index (κ2) is 5.04. The molecule has 108 valence electrons. The van der Waals surface area contributed by atoms with E-state index in [-0.39, 0.29) is 5.69 Å². The smallest absolute Gasteiger partial charge is 0.398 e. The molecule has 0 aliphatic heterocycles. The summed E-state index contributed by atoms with van der Waals surface area (Å²) in [6.07, 6.45) is -4.44. The standard InChI is InChI=1S/C15H11F3N2S/c16-15(17,18)11-8-10(5-6-12(11)19)21-14-7-9-3-1-2-4-13(9)20-14/h1-8,20H,19H2. The van der Waals surface area contributed by atoms with Crippen LogP contribution in [0.2, 0.25) is 0 Å². The van der Waals surface area contributed by atoms with Crippen molar-refractivity contribution in [1.29, 1.82) is 0 Å². The van der Waals surface area contributed by atoms with Gasteiger partial charge in [-0.05, 0) is 30.3 Å². The average molecular weight is 308 g/mol. The molecular formula is C15H11F3N2S. The molecule has 0 fully saturated rings. The lowest BCUT2D eigenvalue weighted by atomic mass is 10.2. The van der Waals surface area contributed by atoms with Crippen molar-refractivity contribution >= 4 is 28.4 Å². The highest BCUT2D eigenvalue weighted by molar-refractivity contribution is 7.99. The van der Waals surface area contributed by atoms with E-state index < -0.39 is 11.7 Å². The number of H-pyrrole nitrogens is 1. The Balaban J connectivity index is 1.94. The van der Waals surface area contributed by atoms with Crippen LogP contribution in [-0.4, -0.2) is 4.98 Å². The Hall–Kier alpha value is -2.08. The number of halogens is 3. The Kier molecular flexibility index (Phi) is 3.33. The van der Waals surface area contributed by atoms with E-state index in [2.05, 4.69) is 4.98 Å². The van der Waals surface area contributed by atoms with Crippen molar-refractivity contribution in [2.75, 3.05) is 5.73 Å². The molecule has 0 saturated heterocycles. The van der Waals surface area contributed by atoms with Crippen LogP contribution < -0.4 is 5.73 Å². The maximum atomic E-state index is 12.8. The van der Waals surface area contributed by atoms with Gasteiger partial charge in [-0.2, -0.15) is 13.2 Å². The number of nitrogens with two attached hydrogens (primary N) is 1. The van der Waals surface area contributed by atoms with Crippen molar-refractivity contribution in [3.05, 3.63) is 54.1 Å². The molecule has 3 aromatic rings. The number of benzene rings is 2. The molecule has 0 bridgehead atoms. The number of nitrogens with one attached hydrogen (secondary N) is 1. The molecule has 0 spiro atoms. The van der Waals surface area contributed by atoms with Gasteiger partial charge in [0.05, 0.1) is 10.6 Å². The molecule has 2 nitrogen and oxygen atoms in total. The predicted octanol–water partition coefficient (Wildman–Crippen LogP) is 4.92. The van der Waals surface area contributed by atoms with Crippen molar-refractivity contribution in [1.82, 2.24) is 4.98 Å². The van der Waals surface area contributed by atoms with Gasteiger partial charge in [-0.15, -0.1) is 0 Å². The third-order valence-electron chi connectivity index (χ3n) is 3.06. The molecular weight excluding hydrogens is 297 g/mol. The molecule has 1 aromatic heterocycles. The molecule has 0 aliphatic carbocycles. The van der Waals surface area contributed by atoms with E-state index in [0.717, 1.165) is 22.0 Å². The Morgan fingerprint density at radius 1 is 1.00 bits per heavy atom. The third kappa shape index (κ3) is 2.85. The molecule has 3 N–H and O–H groups in total. The minimum atomic E-state index is -4.44. The van der Waals surface area contributed by atoms with Crippen molar-refractivity contribution in [3.63, 3.8) is 0 Å². The molecule has 0 saturated carbocycles. The zero-order valence-corrected chi connectivity index (χ0v) is 11.6. The van der Waals surface area contributed by atoms with Crippen molar-refractivity contribution in [3.8, 4) is 0 Å². The van der Waals surface area contributed by atoms with E-state index in [1.165, 1.54) is 17.8 Å². The van der Waals surface area contributed by atoms with Crippen LogP contribution in [0.5, 0.6) is 0 Å². The van der Waals surface area contributed by atoms with Gasteiger partial charge in [0.2, 0.25) is 0 Å². The lowest BCUT2D eigenvalue weighted by molar-refractivity contribution is -0.137. The number of rotatable bonds is 2. The van der Waals surface area contributed by atoms with Crippen LogP contribution in [0.15, 0.2) is 58.5 Å². The van der Waals surface area contributed by atoms with E-state index in [1.54, 1.807) is 6.07 Å². The first-order valence-corrected chi connectivity index (χ1v) is 6.97. The molecule has 0 radical (unpaired) electrons. The van der Waals surface area contributed by atoms with Crippen molar-refractivity contribution < 1.29 is 13.2 Å². The van der Waals surface area contributed by atoms with Crippen LogP contribution >= 0.6 is 11.8 Å². The van der Waals surface area contributed by atoms with Crippen LogP contribution in [0, 0.1) is 0 Å². The fourth-order valence-corrected chi connectivity index (χ4v) is 2.99.